The van der Waals surface area contributed by atoms with E-state index >= 15 is 0 Å². The Morgan fingerprint density at radius 3 is 1.44 bits per heavy atom. The van der Waals surface area contributed by atoms with Gasteiger partial charge in [-0.15, -0.1) is 0 Å². The lowest BCUT2D eigenvalue weighted by atomic mass is 9.33. The van der Waals surface area contributed by atoms with Gasteiger partial charge in [-0.1, -0.05) is 179 Å². The van der Waals surface area contributed by atoms with Gasteiger partial charge in [0.1, 0.15) is 0 Å². The zero-order valence-electron chi connectivity index (χ0n) is 46.7. The number of anilines is 8. The summed E-state index contributed by atoms with van der Waals surface area (Å²) in [6.07, 6.45) is 2.27. The van der Waals surface area contributed by atoms with E-state index in [0.717, 1.165) is 12.8 Å². The molecule has 2 unspecified atom stereocenters. The molecule has 3 nitrogen and oxygen atoms in total. The molecule has 1 fully saturated rings. The van der Waals surface area contributed by atoms with E-state index in [2.05, 4.69) is 262 Å². The van der Waals surface area contributed by atoms with Gasteiger partial charge in [0.25, 0.3) is 6.71 Å². The summed E-state index contributed by atoms with van der Waals surface area (Å²) in [5.41, 5.74) is 23.9. The molecule has 4 aliphatic rings. The molecule has 3 aliphatic heterocycles. The largest absolute Gasteiger partial charge is 0.334 e. The highest BCUT2D eigenvalue weighted by atomic mass is 15.3. The van der Waals surface area contributed by atoms with Crippen LogP contribution in [0.5, 0.6) is 0 Å². The molecule has 0 amide bonds. The van der Waals surface area contributed by atoms with E-state index in [1.807, 2.05) is 0 Å². The Bertz CT molecular complexity index is 3100. The molecule has 0 spiro atoms. The topological polar surface area (TPSA) is 9.72 Å². The number of nitrogens with zero attached hydrogens (tertiary/aromatic N) is 3. The van der Waals surface area contributed by atoms with Gasteiger partial charge in [-0.3, -0.25) is 0 Å². The highest BCUT2D eigenvalue weighted by Crippen LogP contribution is 2.67. The Morgan fingerprint density at radius 2 is 0.886 bits per heavy atom. The van der Waals surface area contributed by atoms with Crippen molar-refractivity contribution in [2.24, 2.45) is 5.41 Å². The van der Waals surface area contributed by atoms with Crippen LogP contribution >= 0.6 is 0 Å². The number of aryl methyl sites for hydroxylation is 1. The summed E-state index contributed by atoms with van der Waals surface area (Å²) in [6, 6.07) is 44.3. The van der Waals surface area contributed by atoms with Crippen molar-refractivity contribution in [3.05, 3.63) is 148 Å². The van der Waals surface area contributed by atoms with Crippen LogP contribution in [-0.2, 0) is 32.5 Å². The molecule has 0 aromatic heterocycles. The summed E-state index contributed by atoms with van der Waals surface area (Å²) in [6.45, 7) is 47.7. The Kier molecular flexibility index (Phi) is 10.5. The predicted molar refractivity (Wildman–Crippen MR) is 306 cm³/mol. The lowest BCUT2D eigenvalue weighted by molar-refractivity contribution is 0.330. The highest BCUT2D eigenvalue weighted by Gasteiger charge is 2.64. The van der Waals surface area contributed by atoms with Crippen molar-refractivity contribution in [1.29, 1.82) is 0 Å². The van der Waals surface area contributed by atoms with Crippen molar-refractivity contribution in [1.82, 2.24) is 0 Å². The standard InChI is InChI=1S/C66H82BN3/c1-41-33-43(60(5,6)7)23-30-52(41)69-54-32-25-45(62(11,12)13)35-51(54)67-50-29-28-48(70-53-31-24-44(61(8,9)10)34-49(53)65(19)39-64(17,18)40-66(65,70)20)38-55(50)68(47-26-21-42(22-27-47)59(2,3)4)56-36-46(63(14,15)16)37-57(69)58(56)67/h21-38H,39-40H2,1-20H3. The average Bonchev–Trinajstić information content (AvgIpc) is 3.55. The fraction of sp³-hybridized carbons (Fsp3) is 0.455. The lowest BCUT2D eigenvalue weighted by Crippen LogP contribution is -2.61. The van der Waals surface area contributed by atoms with Crippen molar-refractivity contribution in [2.45, 2.75) is 189 Å². The Hall–Kier alpha value is -5.22. The molecule has 0 radical (unpaired) electrons. The van der Waals surface area contributed by atoms with Gasteiger partial charge in [-0.05, 0) is 169 Å². The third-order valence-corrected chi connectivity index (χ3v) is 17.4. The van der Waals surface area contributed by atoms with Gasteiger partial charge < -0.3 is 14.7 Å². The van der Waals surface area contributed by atoms with E-state index in [0.29, 0.717) is 0 Å². The van der Waals surface area contributed by atoms with Gasteiger partial charge in [0.2, 0.25) is 0 Å². The van der Waals surface area contributed by atoms with Crippen molar-refractivity contribution in [3.8, 4) is 0 Å². The monoisotopic (exact) mass is 928 g/mol. The van der Waals surface area contributed by atoms with Gasteiger partial charge in [-0.2, -0.15) is 0 Å². The summed E-state index contributed by atoms with van der Waals surface area (Å²) in [4.78, 5) is 8.07. The summed E-state index contributed by atoms with van der Waals surface area (Å²) in [5.74, 6) is 0. The quantitative estimate of drug-likeness (QED) is 0.164. The molecule has 6 aromatic carbocycles. The van der Waals surface area contributed by atoms with Gasteiger partial charge in [0, 0.05) is 50.9 Å². The molecule has 364 valence electrons. The smallest absolute Gasteiger partial charge is 0.252 e. The Labute approximate surface area is 424 Å². The molecule has 3 heterocycles. The van der Waals surface area contributed by atoms with Gasteiger partial charge in [-0.25, -0.2) is 0 Å². The Balaban J connectivity index is 1.30. The molecule has 0 bridgehead atoms. The fourth-order valence-corrected chi connectivity index (χ4v) is 13.4. The second-order valence-electron chi connectivity index (χ2n) is 28.5. The van der Waals surface area contributed by atoms with Crippen molar-refractivity contribution < 1.29 is 0 Å². The average molecular weight is 928 g/mol. The second kappa shape index (κ2) is 15.2. The first-order chi connectivity index (χ1) is 32.2. The highest BCUT2D eigenvalue weighted by molar-refractivity contribution is 7.00. The first-order valence-corrected chi connectivity index (χ1v) is 26.5. The number of hydrogen-bond acceptors (Lipinski definition) is 3. The van der Waals surface area contributed by atoms with Crippen LogP contribution in [0.3, 0.4) is 0 Å². The van der Waals surface area contributed by atoms with E-state index in [-0.39, 0.29) is 50.2 Å². The van der Waals surface area contributed by atoms with Crippen LogP contribution < -0.4 is 31.1 Å². The maximum Gasteiger partial charge on any atom is 0.252 e. The van der Waals surface area contributed by atoms with Crippen LogP contribution in [0.2, 0.25) is 0 Å². The van der Waals surface area contributed by atoms with Crippen LogP contribution in [0.15, 0.2) is 109 Å². The van der Waals surface area contributed by atoms with E-state index in [1.165, 1.54) is 101 Å². The minimum Gasteiger partial charge on any atom is -0.334 e. The number of hydrogen-bond donors (Lipinski definition) is 0. The zero-order valence-corrected chi connectivity index (χ0v) is 46.7. The van der Waals surface area contributed by atoms with Gasteiger partial charge in [0.05, 0.1) is 5.54 Å². The van der Waals surface area contributed by atoms with Crippen LogP contribution in [-0.4, -0.2) is 12.3 Å². The minimum absolute atomic E-state index is 0.0161. The molecule has 1 saturated carbocycles. The molecule has 6 aromatic rings. The van der Waals surface area contributed by atoms with E-state index in [1.54, 1.807) is 0 Å². The summed E-state index contributed by atoms with van der Waals surface area (Å²) in [5, 5.41) is 0. The van der Waals surface area contributed by atoms with Gasteiger partial charge >= 0.3 is 0 Å². The number of fused-ring (bicyclic) bond motifs is 7. The van der Waals surface area contributed by atoms with Crippen molar-refractivity contribution in [2.75, 3.05) is 14.7 Å². The molecule has 70 heavy (non-hydrogen) atoms. The fourth-order valence-electron chi connectivity index (χ4n) is 13.4. The Morgan fingerprint density at radius 1 is 0.400 bits per heavy atom. The predicted octanol–water partition coefficient (Wildman–Crippen LogP) is 16.6. The number of rotatable bonds is 3. The molecule has 0 saturated heterocycles. The molecule has 10 rings (SSSR count). The molecule has 4 heteroatoms. The molecule has 0 N–H and O–H groups in total. The van der Waals surface area contributed by atoms with Gasteiger partial charge in [0.15, 0.2) is 0 Å². The summed E-state index contributed by atoms with van der Waals surface area (Å²) < 4.78 is 0. The maximum atomic E-state index is 2.79. The van der Waals surface area contributed by atoms with Crippen LogP contribution in [0.4, 0.5) is 45.5 Å². The van der Waals surface area contributed by atoms with Crippen LogP contribution in [0, 0.1) is 12.3 Å². The molecule has 2 atom stereocenters. The first kappa shape index (κ1) is 48.4. The SMILES string of the molecule is Cc1cc(C(C)(C)C)ccc1N1c2ccc(C(C)(C)C)cc2B2c3ccc(N4c5ccc(C(C)(C)C)cc5C5(C)CC(C)(C)CC45C)cc3N(c3ccc(C(C)(C)C)cc3)c3cc(C(C)(C)C)cc1c32. The summed E-state index contributed by atoms with van der Waals surface area (Å²) >= 11 is 0. The zero-order chi connectivity index (χ0) is 50.8. The number of benzene rings is 6. The van der Waals surface area contributed by atoms with E-state index in [4.69, 9.17) is 0 Å². The third-order valence-electron chi connectivity index (χ3n) is 17.4. The molecular weight excluding hydrogens is 846 g/mol. The van der Waals surface area contributed by atoms with Crippen molar-refractivity contribution >= 4 is 68.6 Å². The van der Waals surface area contributed by atoms with E-state index in [9.17, 15) is 0 Å². The first-order valence-electron chi connectivity index (χ1n) is 26.5. The van der Waals surface area contributed by atoms with Crippen molar-refractivity contribution in [3.63, 3.8) is 0 Å². The van der Waals surface area contributed by atoms with E-state index < -0.39 is 0 Å². The second-order valence-corrected chi connectivity index (χ2v) is 28.5. The third kappa shape index (κ3) is 7.42. The van der Waals surface area contributed by atoms with Crippen LogP contribution in [0.25, 0.3) is 0 Å². The lowest BCUT2D eigenvalue weighted by Gasteiger charge is -2.46. The van der Waals surface area contributed by atoms with Crippen LogP contribution in [0.1, 0.15) is 183 Å². The minimum atomic E-state index is -0.123. The normalized spacial score (nSPS) is 20.6. The molecular formula is C66H82BN3. The maximum absolute atomic E-state index is 2.79. The molecule has 1 aliphatic carbocycles. The summed E-state index contributed by atoms with van der Waals surface area (Å²) in [7, 11) is 0.